The zero-order valence-electron chi connectivity index (χ0n) is 22.0. The Morgan fingerprint density at radius 2 is 1.58 bits per heavy atom. The van der Waals surface area contributed by atoms with Gasteiger partial charge in [-0.05, 0) is 49.2 Å². The number of nitrogens with zero attached hydrogens (tertiary/aromatic N) is 2. The molecule has 1 saturated heterocycles. The Morgan fingerprint density at radius 1 is 0.921 bits per heavy atom. The number of ether oxygens (including phenoxy) is 1. The average molecular weight is 535 g/mol. The number of hydrogen-bond acceptors (Lipinski definition) is 5. The number of amides is 2. The normalized spacial score (nSPS) is 14.1. The number of hydrogen-bond donors (Lipinski definition) is 2. The fraction of sp³-hybridized carbons (Fsp3) is 0.333. The molecular weight excluding hydrogens is 500 g/mol. The van der Waals surface area contributed by atoms with Gasteiger partial charge in [0.15, 0.2) is 0 Å². The molecule has 3 aromatic carbocycles. The largest absolute Gasteiger partial charge is 0.495 e. The van der Waals surface area contributed by atoms with Crippen molar-refractivity contribution >= 4 is 40.5 Å². The Bertz CT molecular complexity index is 1230. The van der Waals surface area contributed by atoms with Crippen LogP contribution in [-0.4, -0.2) is 51.0 Å². The zero-order chi connectivity index (χ0) is 26.9. The smallest absolute Gasteiger partial charge is 0.253 e. The molecule has 2 N–H and O–H groups in total. The van der Waals surface area contributed by atoms with Gasteiger partial charge in [0.2, 0.25) is 5.91 Å². The number of halogens is 1. The molecule has 1 unspecified atom stereocenters. The minimum absolute atomic E-state index is 0.118. The van der Waals surface area contributed by atoms with Gasteiger partial charge in [0.25, 0.3) is 5.91 Å². The van der Waals surface area contributed by atoms with Crippen molar-refractivity contribution in [1.82, 2.24) is 5.32 Å². The van der Waals surface area contributed by atoms with Crippen LogP contribution in [-0.2, 0) is 4.79 Å². The fourth-order valence-electron chi connectivity index (χ4n) is 4.70. The van der Waals surface area contributed by atoms with Crippen molar-refractivity contribution in [2.45, 2.75) is 25.8 Å². The minimum Gasteiger partial charge on any atom is -0.495 e. The summed E-state index contributed by atoms with van der Waals surface area (Å²) in [6.45, 7) is 5.04. The van der Waals surface area contributed by atoms with E-state index in [1.54, 1.807) is 13.2 Å². The minimum atomic E-state index is -0.180. The number of nitrogens with one attached hydrogen (secondary N) is 2. The van der Waals surface area contributed by atoms with Gasteiger partial charge >= 0.3 is 0 Å². The molecule has 4 rings (SSSR count). The van der Waals surface area contributed by atoms with E-state index < -0.39 is 0 Å². The lowest BCUT2D eigenvalue weighted by Gasteiger charge is -2.38. The van der Waals surface area contributed by atoms with E-state index in [4.69, 9.17) is 16.3 Å². The predicted octanol–water partition coefficient (Wildman–Crippen LogP) is 5.47. The van der Waals surface area contributed by atoms with Crippen LogP contribution in [0.2, 0.25) is 0 Å². The van der Waals surface area contributed by atoms with Crippen LogP contribution in [0.15, 0.2) is 72.8 Å². The van der Waals surface area contributed by atoms with E-state index in [2.05, 4.69) is 26.5 Å². The highest BCUT2D eigenvalue weighted by atomic mass is 35.5. The molecule has 200 valence electrons. The van der Waals surface area contributed by atoms with Crippen LogP contribution in [0.4, 0.5) is 17.1 Å². The van der Waals surface area contributed by atoms with Crippen molar-refractivity contribution in [2.75, 3.05) is 54.3 Å². The first-order chi connectivity index (χ1) is 18.5. The standard InChI is InChI=1S/C30H35ClN4O3/c1-22(23-9-4-3-5-10-23)32-30(37)25-21-24(33-29(36)13-8-16-31)14-15-26(25)34-17-19-35(20-18-34)27-11-6-7-12-28(27)38-2/h3-7,9-12,14-15,21-22H,8,13,16-20H2,1-2H3,(H,32,37)(H,33,36). The van der Waals surface area contributed by atoms with E-state index >= 15 is 0 Å². The predicted molar refractivity (Wildman–Crippen MR) is 155 cm³/mol. The van der Waals surface area contributed by atoms with Gasteiger partial charge in [-0.1, -0.05) is 42.5 Å². The molecule has 2 amide bonds. The summed E-state index contributed by atoms with van der Waals surface area (Å²) >= 11 is 5.74. The van der Waals surface area contributed by atoms with E-state index in [1.165, 1.54) is 0 Å². The SMILES string of the molecule is COc1ccccc1N1CCN(c2ccc(NC(=O)CCCCl)cc2C(=O)NC(C)c2ccccc2)CC1. The lowest BCUT2D eigenvalue weighted by atomic mass is 10.1. The summed E-state index contributed by atoms with van der Waals surface area (Å²) in [4.78, 5) is 30.4. The lowest BCUT2D eigenvalue weighted by Crippen LogP contribution is -2.47. The Hall–Kier alpha value is -3.71. The van der Waals surface area contributed by atoms with Gasteiger partial charge in [-0.2, -0.15) is 0 Å². The molecule has 1 atom stereocenters. The maximum Gasteiger partial charge on any atom is 0.253 e. The Labute approximate surface area is 229 Å². The number of piperazine rings is 1. The Morgan fingerprint density at radius 3 is 2.26 bits per heavy atom. The van der Waals surface area contributed by atoms with Crippen molar-refractivity contribution in [3.63, 3.8) is 0 Å². The number of methoxy groups -OCH3 is 1. The number of carbonyl (C=O) groups is 2. The number of para-hydroxylation sites is 2. The highest BCUT2D eigenvalue weighted by Gasteiger charge is 2.24. The van der Waals surface area contributed by atoms with E-state index in [-0.39, 0.29) is 17.9 Å². The maximum absolute atomic E-state index is 13.6. The van der Waals surface area contributed by atoms with Crippen molar-refractivity contribution in [3.05, 3.63) is 83.9 Å². The van der Waals surface area contributed by atoms with E-state index in [9.17, 15) is 9.59 Å². The molecule has 0 aromatic heterocycles. The molecule has 38 heavy (non-hydrogen) atoms. The lowest BCUT2D eigenvalue weighted by molar-refractivity contribution is -0.116. The molecule has 1 heterocycles. The molecule has 8 heteroatoms. The van der Waals surface area contributed by atoms with Gasteiger partial charge in [0, 0.05) is 49.9 Å². The fourth-order valence-corrected chi connectivity index (χ4v) is 4.83. The van der Waals surface area contributed by atoms with Crippen LogP contribution in [0.3, 0.4) is 0 Å². The van der Waals surface area contributed by atoms with E-state index in [1.807, 2.05) is 67.6 Å². The third-order valence-corrected chi connectivity index (χ3v) is 7.02. The van der Waals surface area contributed by atoms with Crippen molar-refractivity contribution in [1.29, 1.82) is 0 Å². The van der Waals surface area contributed by atoms with Crippen LogP contribution in [0.5, 0.6) is 5.75 Å². The molecule has 7 nitrogen and oxygen atoms in total. The summed E-state index contributed by atoms with van der Waals surface area (Å²) < 4.78 is 5.55. The Kier molecular flexibility index (Phi) is 9.49. The second kappa shape index (κ2) is 13.2. The number of anilines is 3. The topological polar surface area (TPSA) is 73.9 Å². The molecule has 0 saturated carbocycles. The molecule has 0 spiro atoms. The number of benzene rings is 3. The van der Waals surface area contributed by atoms with Gasteiger partial charge in [-0.15, -0.1) is 11.6 Å². The number of carbonyl (C=O) groups excluding carboxylic acids is 2. The van der Waals surface area contributed by atoms with Gasteiger partial charge in [0.1, 0.15) is 5.75 Å². The summed E-state index contributed by atoms with van der Waals surface area (Å²) in [6.07, 6.45) is 0.937. The first-order valence-corrected chi connectivity index (χ1v) is 13.5. The quantitative estimate of drug-likeness (QED) is 0.337. The molecular formula is C30H35ClN4O3. The second-order valence-corrected chi connectivity index (χ2v) is 9.70. The van der Waals surface area contributed by atoms with Crippen molar-refractivity contribution < 1.29 is 14.3 Å². The zero-order valence-corrected chi connectivity index (χ0v) is 22.7. The summed E-state index contributed by atoms with van der Waals surface area (Å²) in [6, 6.07) is 23.3. The third-order valence-electron chi connectivity index (χ3n) is 6.76. The van der Waals surface area contributed by atoms with Crippen LogP contribution < -0.4 is 25.2 Å². The Balaban J connectivity index is 1.54. The van der Waals surface area contributed by atoms with E-state index in [0.29, 0.717) is 30.0 Å². The van der Waals surface area contributed by atoms with Gasteiger partial charge < -0.3 is 25.2 Å². The average Bonchev–Trinajstić information content (AvgIpc) is 2.96. The molecule has 1 aliphatic rings. The second-order valence-electron chi connectivity index (χ2n) is 9.32. The molecule has 1 aliphatic heterocycles. The molecule has 1 fully saturated rings. The van der Waals surface area contributed by atoms with E-state index in [0.717, 1.165) is 48.9 Å². The van der Waals surface area contributed by atoms with Crippen LogP contribution >= 0.6 is 11.6 Å². The monoisotopic (exact) mass is 534 g/mol. The van der Waals surface area contributed by atoms with Crippen LogP contribution in [0.25, 0.3) is 0 Å². The van der Waals surface area contributed by atoms with Gasteiger partial charge in [0.05, 0.1) is 24.4 Å². The first kappa shape index (κ1) is 27.3. The summed E-state index contributed by atoms with van der Waals surface area (Å²) in [5.41, 5.74) is 4.08. The summed E-state index contributed by atoms with van der Waals surface area (Å²) in [5.74, 6) is 0.983. The van der Waals surface area contributed by atoms with Crippen LogP contribution in [0.1, 0.15) is 41.7 Å². The number of rotatable bonds is 10. The third kappa shape index (κ3) is 6.78. The van der Waals surface area contributed by atoms with Crippen molar-refractivity contribution in [2.24, 2.45) is 0 Å². The highest BCUT2D eigenvalue weighted by molar-refractivity contribution is 6.18. The summed E-state index contributed by atoms with van der Waals surface area (Å²) in [5, 5.41) is 6.04. The van der Waals surface area contributed by atoms with Crippen molar-refractivity contribution in [3.8, 4) is 5.75 Å². The number of alkyl halides is 1. The molecule has 0 radical (unpaired) electrons. The van der Waals surface area contributed by atoms with Gasteiger partial charge in [-0.25, -0.2) is 0 Å². The summed E-state index contributed by atoms with van der Waals surface area (Å²) in [7, 11) is 1.69. The maximum atomic E-state index is 13.6. The molecule has 0 bridgehead atoms. The van der Waals surface area contributed by atoms with Crippen LogP contribution in [0, 0.1) is 0 Å². The molecule has 0 aliphatic carbocycles. The van der Waals surface area contributed by atoms with Gasteiger partial charge in [-0.3, -0.25) is 9.59 Å². The highest BCUT2D eigenvalue weighted by Crippen LogP contribution is 2.31. The first-order valence-electron chi connectivity index (χ1n) is 13.0. The molecule has 3 aromatic rings.